The van der Waals surface area contributed by atoms with E-state index in [2.05, 4.69) is 10.1 Å². The van der Waals surface area contributed by atoms with Crippen molar-refractivity contribution in [3.63, 3.8) is 0 Å². The summed E-state index contributed by atoms with van der Waals surface area (Å²) >= 11 is 0. The molecule has 0 atom stereocenters. The van der Waals surface area contributed by atoms with Crippen molar-refractivity contribution in [1.82, 2.24) is 14.8 Å². The van der Waals surface area contributed by atoms with Crippen molar-refractivity contribution in [1.29, 1.82) is 0 Å². The fourth-order valence-electron chi connectivity index (χ4n) is 3.06. The van der Waals surface area contributed by atoms with Crippen LogP contribution in [0.4, 0.5) is 13.2 Å². The van der Waals surface area contributed by atoms with Crippen molar-refractivity contribution in [2.45, 2.75) is 12.8 Å². The van der Waals surface area contributed by atoms with Crippen molar-refractivity contribution in [2.24, 2.45) is 0 Å². The topological polar surface area (TPSA) is 69.1 Å². The predicted molar refractivity (Wildman–Crippen MR) is 104 cm³/mol. The number of nitrogens with one attached hydrogen (secondary N) is 1. The number of ether oxygens (including phenoxy) is 2. The standard InChI is InChI=1S/C21H16F3N3O3/c1-29-18-10-15(27-11-13-6-9-19(28)25-20(13)26-27)7-8-17(18)30-12-14-4-2-3-5-16(14)21(22,23)24/h2-11H,12H2,1H3,(H,25,26,28). The lowest BCUT2D eigenvalue weighted by Crippen LogP contribution is -2.11. The molecule has 0 amide bonds. The third kappa shape index (κ3) is 3.86. The van der Waals surface area contributed by atoms with Gasteiger partial charge in [-0.2, -0.15) is 13.2 Å². The van der Waals surface area contributed by atoms with Crippen molar-refractivity contribution in [3.05, 3.63) is 82.3 Å². The Hall–Kier alpha value is -3.75. The lowest BCUT2D eigenvalue weighted by Gasteiger charge is -2.15. The Kier molecular flexibility index (Phi) is 4.94. The SMILES string of the molecule is COc1cc(-n2cc3ccc(=O)[nH]c3n2)ccc1OCc1ccccc1C(F)(F)F. The molecular formula is C21H16F3N3O3. The minimum atomic E-state index is -4.46. The molecule has 0 bridgehead atoms. The van der Waals surface area contributed by atoms with Crippen molar-refractivity contribution in [3.8, 4) is 17.2 Å². The summed E-state index contributed by atoms with van der Waals surface area (Å²) in [6.07, 6.45) is -2.73. The first kappa shape index (κ1) is 19.6. The summed E-state index contributed by atoms with van der Waals surface area (Å²) in [4.78, 5) is 14.1. The maximum absolute atomic E-state index is 13.2. The second kappa shape index (κ2) is 7.58. The Morgan fingerprint density at radius 2 is 1.87 bits per heavy atom. The number of H-pyrrole nitrogens is 1. The molecule has 4 aromatic rings. The zero-order chi connectivity index (χ0) is 21.3. The number of fused-ring (bicyclic) bond motifs is 1. The molecule has 2 aromatic heterocycles. The molecule has 0 fully saturated rings. The number of alkyl halides is 3. The number of methoxy groups -OCH3 is 1. The summed E-state index contributed by atoms with van der Waals surface area (Å²) in [5.41, 5.74) is 0.0990. The number of rotatable bonds is 5. The molecule has 2 aromatic carbocycles. The van der Waals surface area contributed by atoms with Crippen LogP contribution in [0.3, 0.4) is 0 Å². The minimum Gasteiger partial charge on any atom is -0.493 e. The van der Waals surface area contributed by atoms with Gasteiger partial charge in [-0.15, -0.1) is 5.10 Å². The lowest BCUT2D eigenvalue weighted by atomic mass is 10.1. The minimum absolute atomic E-state index is 0.0263. The van der Waals surface area contributed by atoms with E-state index < -0.39 is 11.7 Å². The van der Waals surface area contributed by atoms with Gasteiger partial charge in [0.05, 0.1) is 18.4 Å². The first-order valence-corrected chi connectivity index (χ1v) is 8.90. The van der Waals surface area contributed by atoms with E-state index in [4.69, 9.17) is 9.47 Å². The Morgan fingerprint density at radius 3 is 2.63 bits per heavy atom. The third-order valence-electron chi connectivity index (χ3n) is 4.52. The molecular weight excluding hydrogens is 399 g/mol. The number of hydrogen-bond donors (Lipinski definition) is 1. The number of pyridine rings is 1. The first-order valence-electron chi connectivity index (χ1n) is 8.90. The summed E-state index contributed by atoms with van der Waals surface area (Å²) in [5, 5.41) is 5.07. The Morgan fingerprint density at radius 1 is 1.07 bits per heavy atom. The van der Waals surface area contributed by atoms with Crippen LogP contribution in [0.25, 0.3) is 16.7 Å². The molecule has 0 aliphatic rings. The highest BCUT2D eigenvalue weighted by Crippen LogP contribution is 2.34. The normalized spacial score (nSPS) is 11.6. The zero-order valence-electron chi connectivity index (χ0n) is 15.7. The predicted octanol–water partition coefficient (Wildman–Crippen LogP) is 4.32. The molecule has 0 spiro atoms. The first-order chi connectivity index (χ1) is 14.3. The molecule has 30 heavy (non-hydrogen) atoms. The number of nitrogens with zero attached hydrogens (tertiary/aromatic N) is 2. The van der Waals surface area contributed by atoms with Gasteiger partial charge in [0.1, 0.15) is 6.61 Å². The van der Waals surface area contributed by atoms with Gasteiger partial charge in [-0.1, -0.05) is 18.2 Å². The summed E-state index contributed by atoms with van der Waals surface area (Å²) < 4.78 is 52.0. The third-order valence-corrected chi connectivity index (χ3v) is 4.52. The fourth-order valence-corrected chi connectivity index (χ4v) is 3.06. The van der Waals surface area contributed by atoms with Crippen LogP contribution in [-0.4, -0.2) is 21.9 Å². The van der Waals surface area contributed by atoms with Crippen LogP contribution in [0.5, 0.6) is 11.5 Å². The van der Waals surface area contributed by atoms with Gasteiger partial charge in [0.2, 0.25) is 5.56 Å². The van der Waals surface area contributed by atoms with Crippen LogP contribution in [0.2, 0.25) is 0 Å². The van der Waals surface area contributed by atoms with Crippen molar-refractivity contribution >= 4 is 11.0 Å². The van der Waals surface area contributed by atoms with E-state index in [9.17, 15) is 18.0 Å². The average molecular weight is 415 g/mol. The zero-order valence-corrected chi connectivity index (χ0v) is 15.7. The number of aromatic nitrogens is 3. The molecule has 0 saturated heterocycles. The highest BCUT2D eigenvalue weighted by Gasteiger charge is 2.33. The van der Waals surface area contributed by atoms with Crippen LogP contribution in [0.15, 0.2) is 65.6 Å². The molecule has 0 unspecified atom stereocenters. The molecule has 154 valence electrons. The van der Waals surface area contributed by atoms with Gasteiger partial charge >= 0.3 is 6.18 Å². The van der Waals surface area contributed by atoms with Gasteiger partial charge in [-0.25, -0.2) is 4.68 Å². The van der Waals surface area contributed by atoms with Crippen LogP contribution in [-0.2, 0) is 12.8 Å². The quantitative estimate of drug-likeness (QED) is 0.527. The second-order valence-corrected chi connectivity index (χ2v) is 6.48. The number of hydrogen-bond acceptors (Lipinski definition) is 4. The smallest absolute Gasteiger partial charge is 0.416 e. The summed E-state index contributed by atoms with van der Waals surface area (Å²) in [6, 6.07) is 13.3. The maximum atomic E-state index is 13.2. The van der Waals surface area contributed by atoms with Crippen LogP contribution < -0.4 is 15.0 Å². The molecule has 0 radical (unpaired) electrons. The molecule has 0 aliphatic carbocycles. The molecule has 6 nitrogen and oxygen atoms in total. The van der Waals surface area contributed by atoms with Crippen molar-refractivity contribution < 1.29 is 22.6 Å². The largest absolute Gasteiger partial charge is 0.493 e. The van der Waals surface area contributed by atoms with E-state index in [1.165, 1.54) is 31.4 Å². The van der Waals surface area contributed by atoms with E-state index in [0.717, 1.165) is 11.5 Å². The monoisotopic (exact) mass is 415 g/mol. The number of halogens is 3. The van der Waals surface area contributed by atoms with Crippen LogP contribution >= 0.6 is 0 Å². The van der Waals surface area contributed by atoms with Gasteiger partial charge in [0.15, 0.2) is 17.1 Å². The molecule has 4 rings (SSSR count). The highest BCUT2D eigenvalue weighted by atomic mass is 19.4. The van der Waals surface area contributed by atoms with Gasteiger partial charge in [-0.3, -0.25) is 4.79 Å². The summed E-state index contributed by atoms with van der Waals surface area (Å²) in [7, 11) is 1.44. The van der Waals surface area contributed by atoms with Crippen LogP contribution in [0.1, 0.15) is 11.1 Å². The lowest BCUT2D eigenvalue weighted by molar-refractivity contribution is -0.138. The van der Waals surface area contributed by atoms with Crippen LogP contribution in [0, 0.1) is 0 Å². The molecule has 2 heterocycles. The molecule has 0 saturated carbocycles. The number of aromatic amines is 1. The van der Waals surface area contributed by atoms with E-state index in [-0.39, 0.29) is 17.7 Å². The van der Waals surface area contributed by atoms with E-state index in [1.54, 1.807) is 35.1 Å². The number of benzene rings is 2. The molecule has 1 N–H and O–H groups in total. The van der Waals surface area contributed by atoms with Gasteiger partial charge < -0.3 is 14.5 Å². The van der Waals surface area contributed by atoms with Crippen molar-refractivity contribution in [2.75, 3.05) is 7.11 Å². The van der Waals surface area contributed by atoms with E-state index in [1.807, 2.05) is 0 Å². The fraction of sp³-hybridized carbons (Fsp3) is 0.143. The summed E-state index contributed by atoms with van der Waals surface area (Å²) in [5.74, 6) is 0.633. The Labute approximate surface area is 168 Å². The van der Waals surface area contributed by atoms with E-state index in [0.29, 0.717) is 22.8 Å². The summed E-state index contributed by atoms with van der Waals surface area (Å²) in [6.45, 7) is -0.266. The van der Waals surface area contributed by atoms with Gasteiger partial charge in [0.25, 0.3) is 0 Å². The maximum Gasteiger partial charge on any atom is 0.416 e. The second-order valence-electron chi connectivity index (χ2n) is 6.48. The Balaban J connectivity index is 1.61. The molecule has 9 heteroatoms. The Bertz CT molecular complexity index is 1260. The van der Waals surface area contributed by atoms with Gasteiger partial charge in [0, 0.05) is 29.3 Å². The highest BCUT2D eigenvalue weighted by molar-refractivity contribution is 5.74. The average Bonchev–Trinajstić information content (AvgIpc) is 3.15. The van der Waals surface area contributed by atoms with Gasteiger partial charge in [-0.05, 0) is 24.3 Å². The van der Waals surface area contributed by atoms with E-state index >= 15 is 0 Å². The molecule has 0 aliphatic heterocycles.